The van der Waals surface area contributed by atoms with E-state index in [0.29, 0.717) is 0 Å². The topological polar surface area (TPSA) is 57.5 Å². The fourth-order valence-corrected chi connectivity index (χ4v) is 3.25. The fraction of sp³-hybridized carbons (Fsp3) is 0.346. The van der Waals surface area contributed by atoms with Gasteiger partial charge in [0.25, 0.3) is 0 Å². The molecular formula is C26H34O3. The van der Waals surface area contributed by atoms with E-state index < -0.39 is 0 Å². The number of aldehydes is 1. The van der Waals surface area contributed by atoms with Crippen molar-refractivity contribution >= 4 is 6.29 Å². The minimum absolute atomic E-state index is 0.169. The van der Waals surface area contributed by atoms with Crippen LogP contribution in [-0.2, 0) is 4.79 Å². The van der Waals surface area contributed by atoms with Gasteiger partial charge in [0.1, 0.15) is 17.8 Å². The van der Waals surface area contributed by atoms with Crippen LogP contribution in [0.2, 0.25) is 0 Å². The number of rotatable bonds is 5. The smallest absolute Gasteiger partial charge is 0.143 e. The molecule has 0 saturated carbocycles. The van der Waals surface area contributed by atoms with Crippen molar-refractivity contribution in [1.29, 1.82) is 0 Å². The van der Waals surface area contributed by atoms with Crippen LogP contribution in [-0.4, -0.2) is 16.5 Å². The summed E-state index contributed by atoms with van der Waals surface area (Å²) in [6.07, 6.45) is 16.6. The Morgan fingerprint density at radius 1 is 0.966 bits per heavy atom. The minimum Gasteiger partial charge on any atom is -0.508 e. The number of phenols is 2. The van der Waals surface area contributed by atoms with Crippen molar-refractivity contribution < 1.29 is 15.0 Å². The maximum Gasteiger partial charge on any atom is 0.143 e. The minimum atomic E-state index is 0.169. The average molecular weight is 395 g/mol. The zero-order valence-electron chi connectivity index (χ0n) is 18.3. The molecule has 1 aliphatic rings. The van der Waals surface area contributed by atoms with Crippen molar-refractivity contribution in [1.82, 2.24) is 0 Å². The molecule has 0 amide bonds. The maximum atomic E-state index is 10.3. The Balaban J connectivity index is 0.000000436. The van der Waals surface area contributed by atoms with Crippen LogP contribution in [0.15, 0.2) is 83.0 Å². The van der Waals surface area contributed by atoms with E-state index in [0.717, 1.165) is 11.9 Å². The van der Waals surface area contributed by atoms with Crippen LogP contribution in [0.4, 0.5) is 0 Å². The number of phenolic OH excluding ortho intramolecular Hbond substituents is 2. The Hall–Kier alpha value is -2.81. The second-order valence-corrected chi connectivity index (χ2v) is 8.10. The summed E-state index contributed by atoms with van der Waals surface area (Å²) in [5, 5.41) is 17.3. The van der Waals surface area contributed by atoms with E-state index in [-0.39, 0.29) is 16.9 Å². The van der Waals surface area contributed by atoms with Crippen molar-refractivity contribution in [3.8, 4) is 11.5 Å². The van der Waals surface area contributed by atoms with Gasteiger partial charge in [-0.25, -0.2) is 0 Å². The van der Waals surface area contributed by atoms with Gasteiger partial charge < -0.3 is 10.2 Å². The van der Waals surface area contributed by atoms with Crippen LogP contribution >= 0.6 is 0 Å². The van der Waals surface area contributed by atoms with Gasteiger partial charge in [-0.2, -0.15) is 0 Å². The number of hydrogen-bond acceptors (Lipinski definition) is 3. The summed E-state index contributed by atoms with van der Waals surface area (Å²) in [6, 6.07) is 5.70. The van der Waals surface area contributed by atoms with Gasteiger partial charge in [-0.15, -0.1) is 0 Å². The Morgan fingerprint density at radius 2 is 1.52 bits per heavy atom. The predicted molar refractivity (Wildman–Crippen MR) is 122 cm³/mol. The van der Waals surface area contributed by atoms with Gasteiger partial charge in [-0.3, -0.25) is 4.79 Å². The van der Waals surface area contributed by atoms with Crippen molar-refractivity contribution in [3.63, 3.8) is 0 Å². The summed E-state index contributed by atoms with van der Waals surface area (Å²) in [7, 11) is 0. The Kier molecular flexibility index (Phi) is 9.94. The third kappa shape index (κ3) is 9.29. The van der Waals surface area contributed by atoms with Gasteiger partial charge in [0, 0.05) is 0 Å². The zero-order chi connectivity index (χ0) is 21.9. The molecule has 156 valence electrons. The van der Waals surface area contributed by atoms with Crippen LogP contribution < -0.4 is 0 Å². The molecule has 3 nitrogen and oxygen atoms in total. The number of benzene rings is 1. The molecule has 0 fully saturated rings. The largest absolute Gasteiger partial charge is 0.508 e. The second kappa shape index (κ2) is 11.9. The summed E-state index contributed by atoms with van der Waals surface area (Å²) in [5.74, 6) is 0.339. The number of aromatic hydroxyl groups is 2. The summed E-state index contributed by atoms with van der Waals surface area (Å²) >= 11 is 0. The van der Waals surface area contributed by atoms with E-state index in [1.54, 1.807) is 6.08 Å². The molecule has 1 aliphatic carbocycles. The molecule has 29 heavy (non-hydrogen) atoms. The molecule has 0 bridgehead atoms. The SMILES string of the molecule is CC1=C(/C=C/C(C)=C\C=C\C(C)=C/C=O)C(C)(C)CCC1.Oc1ccc(O)cc1. The van der Waals surface area contributed by atoms with Crippen molar-refractivity contribution in [2.24, 2.45) is 5.41 Å². The summed E-state index contributed by atoms with van der Waals surface area (Å²) < 4.78 is 0. The van der Waals surface area contributed by atoms with Gasteiger partial charge in [-0.1, -0.05) is 55.4 Å². The standard InChI is InChI=1S/C20H28O.C6H6O2/c1-16(8-6-9-17(2)13-15-21)11-12-19-18(3)10-7-14-20(19,4)5;7-5-1-2-6(8)4-3-5/h6,8-9,11-13,15H,7,10,14H2,1-5H3;1-4,7-8H/b9-6+,12-11+,16-8-,17-13-;. The first-order chi connectivity index (χ1) is 13.7. The van der Waals surface area contributed by atoms with Crippen LogP contribution in [0.5, 0.6) is 11.5 Å². The Morgan fingerprint density at radius 3 is 2.03 bits per heavy atom. The quantitative estimate of drug-likeness (QED) is 0.249. The molecule has 3 heteroatoms. The molecule has 0 atom stereocenters. The molecule has 0 aromatic heterocycles. The highest BCUT2D eigenvalue weighted by Crippen LogP contribution is 2.40. The number of allylic oxidation sites excluding steroid dienone is 10. The van der Waals surface area contributed by atoms with Gasteiger partial charge in [0.2, 0.25) is 0 Å². The summed E-state index contributed by atoms with van der Waals surface area (Å²) in [6.45, 7) is 10.9. The lowest BCUT2D eigenvalue weighted by Crippen LogP contribution is -2.19. The van der Waals surface area contributed by atoms with E-state index in [1.807, 2.05) is 19.1 Å². The van der Waals surface area contributed by atoms with E-state index in [1.165, 1.54) is 60.2 Å². The molecular weight excluding hydrogens is 360 g/mol. The van der Waals surface area contributed by atoms with Crippen LogP contribution in [0.25, 0.3) is 0 Å². The van der Waals surface area contributed by atoms with Gasteiger partial charge in [0.05, 0.1) is 0 Å². The lowest BCUT2D eigenvalue weighted by atomic mass is 9.72. The number of carbonyl (C=O) groups excluding carboxylic acids is 1. The molecule has 0 aliphatic heterocycles. The third-order valence-electron chi connectivity index (χ3n) is 4.95. The molecule has 0 saturated heterocycles. The zero-order valence-corrected chi connectivity index (χ0v) is 18.3. The van der Waals surface area contributed by atoms with Gasteiger partial charge in [0.15, 0.2) is 0 Å². The van der Waals surface area contributed by atoms with E-state index >= 15 is 0 Å². The molecule has 1 aromatic rings. The van der Waals surface area contributed by atoms with E-state index in [4.69, 9.17) is 10.2 Å². The molecule has 0 heterocycles. The summed E-state index contributed by atoms with van der Waals surface area (Å²) in [5.41, 5.74) is 5.48. The van der Waals surface area contributed by atoms with Crippen molar-refractivity contribution in [3.05, 3.63) is 83.0 Å². The highest BCUT2D eigenvalue weighted by molar-refractivity contribution is 5.66. The van der Waals surface area contributed by atoms with E-state index in [2.05, 4.69) is 45.9 Å². The monoisotopic (exact) mass is 394 g/mol. The van der Waals surface area contributed by atoms with Crippen LogP contribution in [0.3, 0.4) is 0 Å². The predicted octanol–water partition coefficient (Wildman–Crippen LogP) is 6.81. The van der Waals surface area contributed by atoms with Gasteiger partial charge in [-0.05, 0) is 86.9 Å². The van der Waals surface area contributed by atoms with Gasteiger partial charge >= 0.3 is 0 Å². The molecule has 0 radical (unpaired) electrons. The molecule has 1 aromatic carbocycles. The first-order valence-electron chi connectivity index (χ1n) is 9.99. The third-order valence-corrected chi connectivity index (χ3v) is 4.95. The first-order valence-corrected chi connectivity index (χ1v) is 9.99. The Labute approximate surface area is 175 Å². The van der Waals surface area contributed by atoms with Crippen LogP contribution in [0, 0.1) is 5.41 Å². The highest BCUT2D eigenvalue weighted by atomic mass is 16.3. The molecule has 2 N–H and O–H groups in total. The van der Waals surface area contributed by atoms with Crippen LogP contribution in [0.1, 0.15) is 53.9 Å². The lowest BCUT2D eigenvalue weighted by Gasteiger charge is -2.32. The average Bonchev–Trinajstić information content (AvgIpc) is 2.64. The molecule has 0 unspecified atom stereocenters. The maximum absolute atomic E-state index is 10.3. The molecule has 2 rings (SSSR count). The summed E-state index contributed by atoms with van der Waals surface area (Å²) in [4.78, 5) is 10.3. The number of hydrogen-bond donors (Lipinski definition) is 2. The molecule has 0 spiro atoms. The van der Waals surface area contributed by atoms with E-state index in [9.17, 15) is 4.79 Å². The normalized spacial score (nSPS) is 17.4. The fourth-order valence-electron chi connectivity index (χ4n) is 3.25. The second-order valence-electron chi connectivity index (χ2n) is 8.10. The Bertz CT molecular complexity index is 795. The number of carbonyl (C=O) groups is 1. The lowest BCUT2D eigenvalue weighted by molar-refractivity contribution is -0.104. The van der Waals surface area contributed by atoms with Crippen molar-refractivity contribution in [2.45, 2.75) is 53.9 Å². The first kappa shape index (κ1) is 24.2. The van der Waals surface area contributed by atoms with Crippen molar-refractivity contribution in [2.75, 3.05) is 0 Å². The highest BCUT2D eigenvalue weighted by Gasteiger charge is 2.26.